The van der Waals surface area contributed by atoms with Crippen molar-refractivity contribution in [1.82, 2.24) is 0 Å². The summed E-state index contributed by atoms with van der Waals surface area (Å²) in [5, 5.41) is 1.33. The van der Waals surface area contributed by atoms with E-state index in [-0.39, 0.29) is 0 Å². The third kappa shape index (κ3) is 3.98. The first-order chi connectivity index (χ1) is 17.7. The lowest BCUT2D eigenvalue weighted by molar-refractivity contribution is -0.0981. The lowest BCUT2D eigenvalue weighted by atomic mass is 9.78. The number of rotatable bonds is 2. The molecule has 2 aromatic rings. The molecule has 3 aliphatic carbocycles. The van der Waals surface area contributed by atoms with E-state index < -0.39 is 0 Å². The van der Waals surface area contributed by atoms with Crippen LogP contribution in [0, 0.1) is 13.8 Å². The number of fused-ring (bicyclic) bond motifs is 5. The molecule has 0 aromatic heterocycles. The van der Waals surface area contributed by atoms with Gasteiger partial charge in [-0.05, 0) is 76.6 Å². The predicted octanol–water partition coefficient (Wildman–Crippen LogP) is 7.28. The molecule has 36 heavy (non-hydrogen) atoms. The highest BCUT2D eigenvalue weighted by atomic mass is 32.2. The van der Waals surface area contributed by atoms with Gasteiger partial charge in [-0.1, -0.05) is 61.1 Å². The van der Waals surface area contributed by atoms with E-state index in [1.165, 1.54) is 86.7 Å². The van der Waals surface area contributed by atoms with Gasteiger partial charge in [0, 0.05) is 34.0 Å². The van der Waals surface area contributed by atoms with E-state index in [0.29, 0.717) is 41.6 Å². The van der Waals surface area contributed by atoms with Gasteiger partial charge in [0.05, 0.1) is 24.3 Å². The smallest absolute Gasteiger partial charge is 0.0795 e. The maximum atomic E-state index is 7.04. The van der Waals surface area contributed by atoms with Gasteiger partial charge in [-0.25, -0.2) is 0 Å². The highest BCUT2D eigenvalue weighted by Gasteiger charge is 2.56. The van der Waals surface area contributed by atoms with Crippen molar-refractivity contribution < 1.29 is 4.74 Å². The standard InChI is InChI=1S/C32H42N2OS/c1-21-11-15-23(16-12-21)33-26-8-4-6-10-30(26)36-32-27(33)19-20-29-31(32)34(24-17-13-22(2)14-18-24)25-7-3-5-9-28(25)35-29/h11-18,25-32H,3-10,19-20H2,1-2H3. The molecule has 5 aliphatic rings. The van der Waals surface area contributed by atoms with Crippen molar-refractivity contribution in [2.45, 2.75) is 125 Å². The zero-order valence-corrected chi connectivity index (χ0v) is 22.8. The first-order valence-corrected chi connectivity index (χ1v) is 15.6. The predicted molar refractivity (Wildman–Crippen MR) is 152 cm³/mol. The zero-order chi connectivity index (χ0) is 24.2. The van der Waals surface area contributed by atoms with Crippen molar-refractivity contribution in [1.29, 1.82) is 0 Å². The van der Waals surface area contributed by atoms with Crippen LogP contribution < -0.4 is 9.80 Å². The average molecular weight is 503 g/mol. The number of hydrogen-bond acceptors (Lipinski definition) is 4. The van der Waals surface area contributed by atoms with E-state index in [0.717, 1.165) is 5.25 Å². The summed E-state index contributed by atoms with van der Waals surface area (Å²) in [4.78, 5) is 5.82. The highest BCUT2D eigenvalue weighted by molar-refractivity contribution is 8.00. The van der Waals surface area contributed by atoms with E-state index in [1.807, 2.05) is 0 Å². The molecule has 0 amide bonds. The molecule has 3 nitrogen and oxygen atoms in total. The van der Waals surface area contributed by atoms with Gasteiger partial charge in [-0.2, -0.15) is 0 Å². The minimum atomic E-state index is 0.361. The van der Waals surface area contributed by atoms with Crippen LogP contribution in [0.4, 0.5) is 11.4 Å². The normalized spacial score (nSPS) is 37.9. The lowest BCUT2D eigenvalue weighted by Crippen LogP contribution is -2.72. The fraction of sp³-hybridized carbons (Fsp3) is 0.625. The van der Waals surface area contributed by atoms with Gasteiger partial charge < -0.3 is 14.5 Å². The number of ether oxygens (including phenoxy) is 1. The maximum absolute atomic E-state index is 7.04. The Labute approximate surface area is 222 Å². The Kier molecular flexibility index (Phi) is 6.25. The van der Waals surface area contributed by atoms with Crippen LogP contribution in [0.15, 0.2) is 48.5 Å². The summed E-state index contributed by atoms with van der Waals surface area (Å²) in [5.74, 6) is 0. The van der Waals surface area contributed by atoms with Gasteiger partial charge in [-0.15, -0.1) is 11.8 Å². The van der Waals surface area contributed by atoms with Crippen molar-refractivity contribution in [3.8, 4) is 0 Å². The number of benzene rings is 2. The minimum absolute atomic E-state index is 0.361. The summed E-state index contributed by atoms with van der Waals surface area (Å²) < 4.78 is 7.04. The van der Waals surface area contributed by atoms with E-state index in [1.54, 1.807) is 0 Å². The summed E-state index contributed by atoms with van der Waals surface area (Å²) in [5.41, 5.74) is 5.61. The summed E-state index contributed by atoms with van der Waals surface area (Å²) in [6.45, 7) is 4.43. The second-order valence-corrected chi connectivity index (χ2v) is 13.6. The van der Waals surface area contributed by atoms with E-state index in [2.05, 4.69) is 83.9 Å². The van der Waals surface area contributed by atoms with Gasteiger partial charge in [-0.3, -0.25) is 0 Å². The van der Waals surface area contributed by atoms with Crippen molar-refractivity contribution in [2.75, 3.05) is 9.80 Å². The van der Waals surface area contributed by atoms with Crippen LogP contribution in [0.25, 0.3) is 0 Å². The summed E-state index contributed by atoms with van der Waals surface area (Å²) in [6.07, 6.45) is 13.9. The summed E-state index contributed by atoms with van der Waals surface area (Å²) >= 11 is 2.36. The molecule has 2 heterocycles. The summed E-state index contributed by atoms with van der Waals surface area (Å²) in [6, 6.07) is 21.2. The molecule has 192 valence electrons. The van der Waals surface area contributed by atoms with Gasteiger partial charge in [0.15, 0.2) is 0 Å². The van der Waals surface area contributed by atoms with Crippen LogP contribution >= 0.6 is 11.8 Å². The van der Waals surface area contributed by atoms with E-state index >= 15 is 0 Å². The molecule has 2 saturated heterocycles. The highest BCUT2D eigenvalue weighted by Crippen LogP contribution is 2.52. The summed E-state index contributed by atoms with van der Waals surface area (Å²) in [7, 11) is 0. The second kappa shape index (κ2) is 9.58. The molecule has 0 spiro atoms. The van der Waals surface area contributed by atoms with Crippen molar-refractivity contribution in [3.05, 3.63) is 59.7 Å². The number of hydrogen-bond donors (Lipinski definition) is 0. The fourth-order valence-corrected chi connectivity index (χ4v) is 10.3. The van der Waals surface area contributed by atoms with Gasteiger partial charge in [0.1, 0.15) is 0 Å². The SMILES string of the molecule is Cc1ccc(N2C3CCCCC3SC3C2CCC2OC4CCCCC4N(c4ccc(C)cc4)C23)cc1. The van der Waals surface area contributed by atoms with Crippen LogP contribution in [0.2, 0.25) is 0 Å². The van der Waals surface area contributed by atoms with E-state index in [9.17, 15) is 0 Å². The minimum Gasteiger partial charge on any atom is -0.371 e. The number of thioether (sulfide) groups is 1. The zero-order valence-electron chi connectivity index (χ0n) is 22.0. The number of aryl methyl sites for hydroxylation is 2. The van der Waals surface area contributed by atoms with Crippen molar-refractivity contribution in [2.24, 2.45) is 0 Å². The Hall–Kier alpha value is -1.65. The lowest BCUT2D eigenvalue weighted by Gasteiger charge is -2.63. The average Bonchev–Trinajstić information content (AvgIpc) is 2.91. The number of anilines is 2. The first-order valence-electron chi connectivity index (χ1n) is 14.7. The largest absolute Gasteiger partial charge is 0.371 e. The molecule has 8 unspecified atom stereocenters. The van der Waals surface area contributed by atoms with Crippen LogP contribution in [0.1, 0.15) is 75.3 Å². The molecule has 7 rings (SSSR count). The Morgan fingerprint density at radius 3 is 1.94 bits per heavy atom. The molecular formula is C32H42N2OS. The quantitative estimate of drug-likeness (QED) is 0.428. The van der Waals surface area contributed by atoms with Crippen LogP contribution in [-0.4, -0.2) is 46.9 Å². The molecular weight excluding hydrogens is 460 g/mol. The van der Waals surface area contributed by atoms with Crippen molar-refractivity contribution >= 4 is 23.1 Å². The third-order valence-corrected chi connectivity index (χ3v) is 11.7. The molecule has 4 heteroatoms. The fourth-order valence-electron chi connectivity index (χ4n) is 8.25. The molecule has 0 N–H and O–H groups in total. The molecule has 3 saturated carbocycles. The van der Waals surface area contributed by atoms with Crippen LogP contribution in [-0.2, 0) is 4.74 Å². The molecule has 2 aromatic carbocycles. The molecule has 5 fully saturated rings. The topological polar surface area (TPSA) is 15.7 Å². The molecule has 8 atom stereocenters. The number of morpholine rings is 1. The van der Waals surface area contributed by atoms with Gasteiger partial charge in [0.2, 0.25) is 0 Å². The van der Waals surface area contributed by atoms with Gasteiger partial charge >= 0.3 is 0 Å². The number of nitrogens with zero attached hydrogens (tertiary/aromatic N) is 2. The maximum Gasteiger partial charge on any atom is 0.0795 e. The Bertz CT molecular complexity index is 1050. The monoisotopic (exact) mass is 502 g/mol. The second-order valence-electron chi connectivity index (χ2n) is 12.2. The van der Waals surface area contributed by atoms with Gasteiger partial charge in [0.25, 0.3) is 0 Å². The first kappa shape index (κ1) is 23.5. The molecule has 0 bridgehead atoms. The molecule has 2 aliphatic heterocycles. The Morgan fingerprint density at radius 2 is 1.22 bits per heavy atom. The molecule has 0 radical (unpaired) electrons. The van der Waals surface area contributed by atoms with E-state index in [4.69, 9.17) is 4.74 Å². The Balaban J connectivity index is 1.30. The van der Waals surface area contributed by atoms with Crippen LogP contribution in [0.5, 0.6) is 0 Å². The Morgan fingerprint density at radius 1 is 0.611 bits per heavy atom. The van der Waals surface area contributed by atoms with Crippen LogP contribution in [0.3, 0.4) is 0 Å². The third-order valence-electron chi connectivity index (χ3n) is 9.92. The van der Waals surface area contributed by atoms with Crippen molar-refractivity contribution in [3.63, 3.8) is 0 Å².